The zero-order valence-electron chi connectivity index (χ0n) is 13.7. The molecule has 0 radical (unpaired) electrons. The Morgan fingerprint density at radius 1 is 1.35 bits per heavy atom. The van der Waals surface area contributed by atoms with E-state index in [2.05, 4.69) is 10.5 Å². The maximum Gasteiger partial charge on any atom is 0.417 e. The molecule has 1 aliphatic heterocycles. The number of alkyl halides is 3. The summed E-state index contributed by atoms with van der Waals surface area (Å²) in [6.07, 6.45) is -2.60. The molecule has 1 saturated heterocycles. The van der Waals surface area contributed by atoms with Crippen LogP contribution in [0.5, 0.6) is 5.06 Å². The summed E-state index contributed by atoms with van der Waals surface area (Å²) in [5.41, 5.74) is -0.652. The first-order valence-electron chi connectivity index (χ1n) is 8.02. The van der Waals surface area contributed by atoms with Crippen LogP contribution in [0.2, 0.25) is 0 Å². The van der Waals surface area contributed by atoms with Crippen LogP contribution in [0, 0.1) is 5.92 Å². The summed E-state index contributed by atoms with van der Waals surface area (Å²) in [6.45, 7) is 1.82. The van der Waals surface area contributed by atoms with Gasteiger partial charge >= 0.3 is 6.18 Å². The van der Waals surface area contributed by atoms with Gasteiger partial charge in [0.2, 0.25) is 0 Å². The minimum absolute atomic E-state index is 0.109. The van der Waals surface area contributed by atoms with E-state index in [4.69, 9.17) is 14.0 Å². The fourth-order valence-corrected chi connectivity index (χ4v) is 3.22. The van der Waals surface area contributed by atoms with Crippen LogP contribution in [0.3, 0.4) is 0 Å². The molecule has 0 spiro atoms. The van der Waals surface area contributed by atoms with Gasteiger partial charge in [-0.15, -0.1) is 11.3 Å². The van der Waals surface area contributed by atoms with Crippen molar-refractivity contribution >= 4 is 17.2 Å². The molecule has 0 aromatic carbocycles. The number of aromatic nitrogens is 1. The smallest absolute Gasteiger partial charge is 0.417 e. The monoisotopic (exact) mass is 390 g/mol. The molecule has 6 nitrogen and oxygen atoms in total. The van der Waals surface area contributed by atoms with Gasteiger partial charge in [0.15, 0.2) is 16.5 Å². The van der Waals surface area contributed by atoms with E-state index in [1.54, 1.807) is 0 Å². The summed E-state index contributed by atoms with van der Waals surface area (Å²) >= 11 is 0.839. The topological polar surface area (TPSA) is 73.6 Å². The Labute approximate surface area is 151 Å². The fraction of sp³-hybridized carbons (Fsp3) is 0.500. The second kappa shape index (κ2) is 8.09. The standard InChI is InChI=1S/C16H17F3N2O4S/c17-16(18,19)11-5-14(26-9-11)24-8-12-6-13(21-25-12)15(22)20-7-10-1-3-23-4-2-10/h5-6,9-10H,1-4,7-8H2,(H,20,22). The van der Waals surface area contributed by atoms with E-state index in [-0.39, 0.29) is 29.0 Å². The van der Waals surface area contributed by atoms with Crippen LogP contribution in [0.4, 0.5) is 13.2 Å². The van der Waals surface area contributed by atoms with Gasteiger partial charge in [-0.3, -0.25) is 4.79 Å². The zero-order valence-corrected chi connectivity index (χ0v) is 14.5. The van der Waals surface area contributed by atoms with Crippen molar-refractivity contribution in [2.24, 2.45) is 5.92 Å². The van der Waals surface area contributed by atoms with Gasteiger partial charge in [-0.2, -0.15) is 13.2 Å². The van der Waals surface area contributed by atoms with Crippen LogP contribution >= 0.6 is 11.3 Å². The van der Waals surface area contributed by atoms with Crippen LogP contribution < -0.4 is 10.1 Å². The predicted octanol–water partition coefficient (Wildman–Crippen LogP) is 3.49. The van der Waals surface area contributed by atoms with Crippen molar-refractivity contribution in [2.45, 2.75) is 25.6 Å². The molecule has 26 heavy (non-hydrogen) atoms. The van der Waals surface area contributed by atoms with Gasteiger partial charge in [-0.1, -0.05) is 5.16 Å². The van der Waals surface area contributed by atoms with E-state index in [0.29, 0.717) is 25.7 Å². The van der Waals surface area contributed by atoms with Crippen LogP contribution in [0.25, 0.3) is 0 Å². The molecule has 3 heterocycles. The van der Waals surface area contributed by atoms with Gasteiger partial charge in [0.25, 0.3) is 5.91 Å². The number of carbonyl (C=O) groups is 1. The maximum absolute atomic E-state index is 12.5. The summed E-state index contributed by atoms with van der Waals surface area (Å²) in [6, 6.07) is 2.33. The van der Waals surface area contributed by atoms with Crippen molar-refractivity contribution in [2.75, 3.05) is 19.8 Å². The lowest BCUT2D eigenvalue weighted by molar-refractivity contribution is -0.137. The van der Waals surface area contributed by atoms with E-state index >= 15 is 0 Å². The van der Waals surface area contributed by atoms with Gasteiger partial charge in [0.1, 0.15) is 6.61 Å². The number of hydrogen-bond acceptors (Lipinski definition) is 6. The molecular formula is C16H17F3N2O4S. The van der Waals surface area contributed by atoms with E-state index in [0.717, 1.165) is 35.6 Å². The summed E-state index contributed by atoms with van der Waals surface area (Å²) in [5.74, 6) is 0.272. The first-order valence-corrected chi connectivity index (χ1v) is 8.90. The molecule has 10 heteroatoms. The lowest BCUT2D eigenvalue weighted by atomic mass is 10.0. The number of thiophene rings is 1. The zero-order chi connectivity index (χ0) is 18.6. The molecule has 3 rings (SSSR count). The molecule has 2 aromatic rings. The molecule has 1 amide bonds. The molecular weight excluding hydrogens is 373 g/mol. The Bertz CT molecular complexity index is 738. The fourth-order valence-electron chi connectivity index (χ4n) is 2.45. The number of hydrogen-bond donors (Lipinski definition) is 1. The molecule has 0 atom stereocenters. The van der Waals surface area contributed by atoms with Gasteiger partial charge in [0, 0.05) is 37.3 Å². The summed E-state index contributed by atoms with van der Waals surface area (Å²) in [7, 11) is 0. The third kappa shape index (κ3) is 4.98. The van der Waals surface area contributed by atoms with E-state index in [1.807, 2.05) is 0 Å². The summed E-state index contributed by atoms with van der Waals surface area (Å²) < 4.78 is 53.1. The molecule has 0 unspecified atom stereocenters. The summed E-state index contributed by atoms with van der Waals surface area (Å²) in [5, 5.41) is 7.55. The molecule has 1 N–H and O–H groups in total. The average molecular weight is 390 g/mol. The van der Waals surface area contributed by atoms with Gasteiger partial charge in [0.05, 0.1) is 5.56 Å². The van der Waals surface area contributed by atoms with Crippen molar-refractivity contribution in [3.63, 3.8) is 0 Å². The number of rotatable bonds is 6. The Balaban J connectivity index is 1.48. The second-order valence-electron chi connectivity index (χ2n) is 5.89. The highest BCUT2D eigenvalue weighted by molar-refractivity contribution is 7.12. The Morgan fingerprint density at radius 2 is 2.12 bits per heavy atom. The minimum atomic E-state index is -4.40. The first-order chi connectivity index (χ1) is 12.4. The van der Waals surface area contributed by atoms with Crippen LogP contribution in [0.1, 0.15) is 34.7 Å². The Hall–Kier alpha value is -2.07. The average Bonchev–Trinajstić information content (AvgIpc) is 3.28. The lowest BCUT2D eigenvalue weighted by Crippen LogP contribution is -2.32. The number of amides is 1. The normalized spacial score (nSPS) is 15.8. The highest BCUT2D eigenvalue weighted by Crippen LogP contribution is 2.35. The lowest BCUT2D eigenvalue weighted by Gasteiger charge is -2.21. The third-order valence-corrected chi connectivity index (χ3v) is 4.78. The van der Waals surface area contributed by atoms with Crippen LogP contribution in [0.15, 0.2) is 22.0 Å². The highest BCUT2D eigenvalue weighted by atomic mass is 32.1. The second-order valence-corrected chi connectivity index (χ2v) is 6.76. The molecule has 1 aliphatic rings. The Morgan fingerprint density at radius 3 is 2.81 bits per heavy atom. The molecule has 0 aliphatic carbocycles. The van der Waals surface area contributed by atoms with Crippen LogP contribution in [-0.4, -0.2) is 30.8 Å². The van der Waals surface area contributed by atoms with Crippen LogP contribution in [-0.2, 0) is 17.5 Å². The van der Waals surface area contributed by atoms with Crippen molar-refractivity contribution in [1.82, 2.24) is 10.5 Å². The Kier molecular flexibility index (Phi) is 5.82. The molecule has 1 fully saturated rings. The molecule has 0 saturated carbocycles. The van der Waals surface area contributed by atoms with Crippen molar-refractivity contribution in [3.8, 4) is 5.06 Å². The van der Waals surface area contributed by atoms with Gasteiger partial charge in [-0.25, -0.2) is 0 Å². The molecule has 0 bridgehead atoms. The highest BCUT2D eigenvalue weighted by Gasteiger charge is 2.32. The summed E-state index contributed by atoms with van der Waals surface area (Å²) in [4.78, 5) is 12.1. The number of nitrogens with zero attached hydrogens (tertiary/aromatic N) is 1. The van der Waals surface area contributed by atoms with Gasteiger partial charge < -0.3 is 19.3 Å². The van der Waals surface area contributed by atoms with Crippen molar-refractivity contribution < 1.29 is 32.0 Å². The largest absolute Gasteiger partial charge is 0.476 e. The molecule has 142 valence electrons. The quantitative estimate of drug-likeness (QED) is 0.817. The predicted molar refractivity (Wildman–Crippen MR) is 86.0 cm³/mol. The number of carbonyl (C=O) groups excluding carboxylic acids is 1. The third-order valence-electron chi connectivity index (χ3n) is 3.94. The number of ether oxygens (including phenoxy) is 2. The van der Waals surface area contributed by atoms with E-state index in [1.165, 1.54) is 6.07 Å². The number of nitrogens with one attached hydrogen (secondary N) is 1. The first kappa shape index (κ1) is 18.7. The van der Waals surface area contributed by atoms with Crippen molar-refractivity contribution in [1.29, 1.82) is 0 Å². The minimum Gasteiger partial charge on any atom is -0.476 e. The van der Waals surface area contributed by atoms with E-state index < -0.39 is 11.7 Å². The van der Waals surface area contributed by atoms with E-state index in [9.17, 15) is 18.0 Å². The number of halogens is 3. The van der Waals surface area contributed by atoms with Crippen molar-refractivity contribution in [3.05, 3.63) is 34.5 Å². The maximum atomic E-state index is 12.5. The van der Waals surface area contributed by atoms with Gasteiger partial charge in [-0.05, 0) is 18.8 Å². The SMILES string of the molecule is O=C(NCC1CCOCC1)c1cc(COc2cc(C(F)(F)F)cs2)on1. The molecule has 2 aromatic heterocycles.